The lowest BCUT2D eigenvalue weighted by Gasteiger charge is -2.36. The molecule has 0 bridgehead atoms. The minimum atomic E-state index is -4.22. The first kappa shape index (κ1) is 45.1. The smallest absolute Gasteiger partial charge is 0.408 e. The normalized spacial score (nSPS) is 16.6. The van der Waals surface area contributed by atoms with Gasteiger partial charge in [-0.3, -0.25) is 18.9 Å². The van der Waals surface area contributed by atoms with Gasteiger partial charge >= 0.3 is 6.09 Å². The Morgan fingerprint density at radius 1 is 0.915 bits per heavy atom. The van der Waals surface area contributed by atoms with Gasteiger partial charge in [-0.05, 0) is 60.9 Å². The SMILES string of the molecule is CC(C)C(CP(=O)(O)C(CC1CCCCC1)NC(=O)[C@H](Cc1c[nH]cn1)NC(=O)C(Cc1cccc2ccccc12)NC(=O)OC(C)(C)C)N(C=O)Cc1ccccc1. The number of fused-ring (bicyclic) bond motifs is 1. The summed E-state index contributed by atoms with van der Waals surface area (Å²) in [7, 11) is -4.22. The van der Waals surface area contributed by atoms with Gasteiger partial charge in [-0.25, -0.2) is 9.78 Å². The minimum absolute atomic E-state index is 0.0367. The number of amides is 4. The molecule has 4 unspecified atom stereocenters. The molecule has 4 amide bonds. The Morgan fingerprint density at radius 3 is 2.24 bits per heavy atom. The summed E-state index contributed by atoms with van der Waals surface area (Å²) >= 11 is 0. The quantitative estimate of drug-likeness (QED) is 0.0490. The lowest BCUT2D eigenvalue weighted by Crippen LogP contribution is -2.56. The number of rotatable bonds is 19. The molecule has 3 aromatic carbocycles. The van der Waals surface area contributed by atoms with Crippen molar-refractivity contribution >= 4 is 42.5 Å². The monoisotopic (exact) mass is 828 g/mol. The Morgan fingerprint density at radius 2 is 1.58 bits per heavy atom. The predicted octanol–water partition coefficient (Wildman–Crippen LogP) is 7.09. The number of benzene rings is 3. The molecule has 5 N–H and O–H groups in total. The van der Waals surface area contributed by atoms with Crippen molar-refractivity contribution in [3.63, 3.8) is 0 Å². The fourth-order valence-electron chi connectivity index (χ4n) is 7.89. The molecule has 1 fully saturated rings. The van der Waals surface area contributed by atoms with E-state index in [-0.39, 0.29) is 43.8 Å². The first-order valence-electron chi connectivity index (χ1n) is 20.7. The third-order valence-corrected chi connectivity index (χ3v) is 13.2. The number of imidazole rings is 1. The van der Waals surface area contributed by atoms with Gasteiger partial charge in [0.05, 0.1) is 12.0 Å². The molecule has 5 atom stereocenters. The van der Waals surface area contributed by atoms with E-state index >= 15 is 0 Å². The zero-order valence-electron chi connectivity index (χ0n) is 34.9. The van der Waals surface area contributed by atoms with Crippen molar-refractivity contribution in [1.82, 2.24) is 30.8 Å². The molecule has 0 spiro atoms. The van der Waals surface area contributed by atoms with Gasteiger partial charge in [0.15, 0.2) is 0 Å². The molecule has 1 aliphatic carbocycles. The summed E-state index contributed by atoms with van der Waals surface area (Å²) in [6.07, 6.45) is 7.92. The molecular formula is C45H61N6O7P. The number of hydrogen-bond donors (Lipinski definition) is 5. The van der Waals surface area contributed by atoms with Crippen LogP contribution in [0, 0.1) is 11.8 Å². The van der Waals surface area contributed by atoms with Gasteiger partial charge in [-0.2, -0.15) is 0 Å². The first-order chi connectivity index (χ1) is 28.1. The molecule has 1 saturated carbocycles. The summed E-state index contributed by atoms with van der Waals surface area (Å²) in [6.45, 7) is 9.27. The van der Waals surface area contributed by atoms with E-state index in [1.54, 1.807) is 31.9 Å². The van der Waals surface area contributed by atoms with Crippen molar-refractivity contribution in [3.05, 3.63) is 102 Å². The van der Waals surface area contributed by atoms with Crippen LogP contribution in [0.5, 0.6) is 0 Å². The third kappa shape index (κ3) is 13.5. The number of nitrogens with zero attached hydrogens (tertiary/aromatic N) is 2. The van der Waals surface area contributed by atoms with Crippen LogP contribution >= 0.6 is 7.37 Å². The fraction of sp³-hybridized carbons (Fsp3) is 0.489. The highest BCUT2D eigenvalue weighted by molar-refractivity contribution is 7.58. The summed E-state index contributed by atoms with van der Waals surface area (Å²) in [5.41, 5.74) is 1.34. The molecule has 1 heterocycles. The van der Waals surface area contributed by atoms with Crippen LogP contribution in [-0.4, -0.2) is 79.8 Å². The molecule has 0 aliphatic heterocycles. The van der Waals surface area contributed by atoms with E-state index in [2.05, 4.69) is 25.9 Å². The van der Waals surface area contributed by atoms with Crippen LogP contribution in [0.1, 0.15) is 90.0 Å². The molecule has 13 nitrogen and oxygen atoms in total. The third-order valence-electron chi connectivity index (χ3n) is 11.0. The molecule has 1 aromatic heterocycles. The summed E-state index contributed by atoms with van der Waals surface area (Å²) in [6, 6.07) is 19.9. The number of alkyl carbamates (subject to hydrolysis) is 1. The van der Waals surface area contributed by atoms with Crippen LogP contribution in [0.25, 0.3) is 10.8 Å². The Bertz CT molecular complexity index is 2030. The number of carbonyl (C=O) groups is 4. The highest BCUT2D eigenvalue weighted by Crippen LogP contribution is 2.50. The molecule has 5 rings (SSSR count). The lowest BCUT2D eigenvalue weighted by molar-refractivity contribution is -0.130. The molecule has 0 saturated heterocycles. The number of ether oxygens (including phenoxy) is 1. The maximum Gasteiger partial charge on any atom is 0.408 e. The number of carbonyl (C=O) groups excluding carboxylic acids is 4. The van der Waals surface area contributed by atoms with Crippen molar-refractivity contribution in [3.8, 4) is 0 Å². The largest absolute Gasteiger partial charge is 0.444 e. The number of nitrogens with one attached hydrogen (secondary N) is 4. The van der Waals surface area contributed by atoms with Crippen LogP contribution in [-0.2, 0) is 43.1 Å². The van der Waals surface area contributed by atoms with Crippen molar-refractivity contribution in [2.45, 2.75) is 122 Å². The van der Waals surface area contributed by atoms with Crippen LogP contribution < -0.4 is 16.0 Å². The number of H-pyrrole nitrogens is 1. The van der Waals surface area contributed by atoms with Crippen molar-refractivity contribution < 1.29 is 33.4 Å². The zero-order valence-corrected chi connectivity index (χ0v) is 35.8. The average Bonchev–Trinajstić information content (AvgIpc) is 3.72. The second-order valence-corrected chi connectivity index (χ2v) is 19.6. The molecular weight excluding hydrogens is 768 g/mol. The second-order valence-electron chi connectivity index (χ2n) is 17.1. The van der Waals surface area contributed by atoms with Gasteiger partial charge in [-0.15, -0.1) is 0 Å². The van der Waals surface area contributed by atoms with Gasteiger partial charge in [0.2, 0.25) is 25.6 Å². The van der Waals surface area contributed by atoms with Crippen LogP contribution in [0.3, 0.4) is 0 Å². The van der Waals surface area contributed by atoms with Crippen molar-refractivity contribution in [1.29, 1.82) is 0 Å². The van der Waals surface area contributed by atoms with E-state index in [1.807, 2.05) is 86.6 Å². The summed E-state index contributed by atoms with van der Waals surface area (Å²) < 4.78 is 20.3. The fourth-order valence-corrected chi connectivity index (χ4v) is 10.3. The van der Waals surface area contributed by atoms with E-state index in [9.17, 15) is 28.6 Å². The lowest BCUT2D eigenvalue weighted by atomic mass is 9.87. The summed E-state index contributed by atoms with van der Waals surface area (Å²) in [4.78, 5) is 75.4. The molecule has 0 radical (unpaired) electrons. The Kier molecular flexibility index (Phi) is 15.9. The van der Waals surface area contributed by atoms with Crippen LogP contribution in [0.4, 0.5) is 4.79 Å². The maximum absolute atomic E-state index is 14.8. The molecule has 14 heteroatoms. The molecule has 4 aromatic rings. The van der Waals surface area contributed by atoms with Gasteiger partial charge < -0.3 is 35.5 Å². The molecule has 59 heavy (non-hydrogen) atoms. The van der Waals surface area contributed by atoms with Gasteiger partial charge in [-0.1, -0.05) is 119 Å². The van der Waals surface area contributed by atoms with E-state index in [4.69, 9.17) is 4.74 Å². The Balaban J connectivity index is 1.43. The van der Waals surface area contributed by atoms with E-state index in [0.717, 1.165) is 60.4 Å². The number of aromatic nitrogens is 2. The van der Waals surface area contributed by atoms with Crippen LogP contribution in [0.2, 0.25) is 0 Å². The topological polar surface area (TPSA) is 183 Å². The van der Waals surface area contributed by atoms with Gasteiger partial charge in [0.1, 0.15) is 23.5 Å². The van der Waals surface area contributed by atoms with Crippen LogP contribution in [0.15, 0.2) is 85.3 Å². The van der Waals surface area contributed by atoms with Gasteiger partial charge in [0.25, 0.3) is 0 Å². The standard InChI is InChI=1S/C45H61N6O7P/c1-31(2)40(51(30-52)27-33-17-10-7-11-18-33)28-59(56,57)41(23-32-15-8-6-9-16-32)50-43(54)39(25-36-26-46-29-47-36)48-42(53)38(49-44(55)58-45(3,4)5)24-35-21-14-20-34-19-12-13-22-37(34)35/h7,10-14,17-22,26,29-32,38-41H,6,8-9,15-16,23-25,27-28H2,1-5H3,(H,46,47)(H,48,53)(H,49,55)(H,50,54)(H,56,57)/t38?,39-,40?,41?/m0/s1. The van der Waals surface area contributed by atoms with E-state index < -0.39 is 54.8 Å². The minimum Gasteiger partial charge on any atom is -0.444 e. The predicted molar refractivity (Wildman–Crippen MR) is 230 cm³/mol. The Labute approximate surface area is 347 Å². The molecule has 1 aliphatic rings. The first-order valence-corrected chi connectivity index (χ1v) is 22.6. The summed E-state index contributed by atoms with van der Waals surface area (Å²) in [5, 5.41) is 10.4. The Hall–Kier alpha value is -5.00. The second kappa shape index (κ2) is 20.8. The molecule has 318 valence electrons. The van der Waals surface area contributed by atoms with Crippen molar-refractivity contribution in [2.75, 3.05) is 6.16 Å². The average molecular weight is 829 g/mol. The highest BCUT2D eigenvalue weighted by Gasteiger charge is 2.40. The highest BCUT2D eigenvalue weighted by atomic mass is 31.2. The number of aromatic amines is 1. The number of hydrogen-bond acceptors (Lipinski definition) is 7. The van der Waals surface area contributed by atoms with Crippen molar-refractivity contribution in [2.24, 2.45) is 11.8 Å². The summed E-state index contributed by atoms with van der Waals surface area (Å²) in [5.74, 6) is -2.50. The zero-order chi connectivity index (χ0) is 42.6. The van der Waals surface area contributed by atoms with Gasteiger partial charge in [0, 0.05) is 37.8 Å². The maximum atomic E-state index is 14.8. The van der Waals surface area contributed by atoms with E-state index in [0.29, 0.717) is 5.69 Å². The van der Waals surface area contributed by atoms with E-state index in [1.165, 1.54) is 6.33 Å².